The van der Waals surface area contributed by atoms with E-state index in [1.165, 1.54) is 0 Å². The monoisotopic (exact) mass is 310 g/mol. The molecule has 1 nitrogen and oxygen atoms in total. The van der Waals surface area contributed by atoms with Crippen molar-refractivity contribution in [2.45, 2.75) is 6.92 Å². The zero-order chi connectivity index (χ0) is 19.7. The van der Waals surface area contributed by atoms with Gasteiger partial charge in [-0.1, -0.05) is 0 Å². The van der Waals surface area contributed by atoms with Crippen LogP contribution in [0.25, 0.3) is 0 Å². The van der Waals surface area contributed by atoms with Crippen LogP contribution in [-0.2, 0) is 4.65 Å². The Balaban J connectivity index is 3.91. The van der Waals surface area contributed by atoms with Gasteiger partial charge in [0.2, 0.25) is 0 Å². The van der Waals surface area contributed by atoms with E-state index in [1.807, 2.05) is 147 Å². The Hall–Kier alpha value is 1.36. The van der Waals surface area contributed by atoms with Crippen LogP contribution in [0.5, 0.6) is 0 Å². The van der Waals surface area contributed by atoms with E-state index in [9.17, 15) is 0 Å². The summed E-state index contributed by atoms with van der Waals surface area (Å²) in [5.41, 5.74) is 0. The quantitative estimate of drug-likeness (QED) is 0.307. The molecule has 0 bridgehead atoms. The molecule has 0 aliphatic rings. The van der Waals surface area contributed by atoms with Crippen LogP contribution in [-0.4, -0.2) is 168 Å². The molecule has 0 N–H and O–H groups in total. The maximum absolute atomic E-state index is 5.07. The van der Waals surface area contributed by atoms with Gasteiger partial charge in [-0.05, 0) is 0 Å². The molecular formula is C2H6B24O. The van der Waals surface area contributed by atoms with E-state index >= 15 is 0 Å². The van der Waals surface area contributed by atoms with Crippen molar-refractivity contribution in [2.75, 3.05) is 6.61 Å². The predicted octanol–water partition coefficient (Wildman–Crippen LogP) is -8.92. The van der Waals surface area contributed by atoms with Crippen molar-refractivity contribution < 1.29 is 4.65 Å². The van der Waals surface area contributed by atoms with Crippen molar-refractivity contribution in [3.63, 3.8) is 0 Å². The van der Waals surface area contributed by atoms with Crippen LogP contribution in [0.2, 0.25) is 0 Å². The normalized spacial score (nSPS) is 7.56. The van der Waals surface area contributed by atoms with Gasteiger partial charge in [0, 0.05) is 0 Å². The molecule has 0 aliphatic carbocycles. The molecule has 0 spiro atoms. The van der Waals surface area contributed by atoms with Crippen LogP contribution in [0.1, 0.15) is 6.92 Å². The first-order valence-corrected chi connectivity index (χ1v) is 8.97. The molecule has 27 heavy (non-hydrogen) atoms. The Labute approximate surface area is 179 Å². The Morgan fingerprint density at radius 3 is 0.963 bits per heavy atom. The molecule has 0 rings (SSSR count). The number of rotatable bonds is 13. The zero-order valence-corrected chi connectivity index (χ0v) is 16.1. The van der Waals surface area contributed by atoms with Gasteiger partial charge in [0.15, 0.2) is 0 Å². The third kappa shape index (κ3) is 27.4. The van der Waals surface area contributed by atoms with E-state index in [0.717, 1.165) is 0 Å². The molecule has 0 aliphatic heterocycles. The third-order valence-corrected chi connectivity index (χ3v) is 2.70. The fourth-order valence-corrected chi connectivity index (χ4v) is 1.49. The van der Waals surface area contributed by atoms with Crippen LogP contribution in [0.3, 0.4) is 0 Å². The Kier molecular flexibility index (Phi) is 28.7. The van der Waals surface area contributed by atoms with Crippen LogP contribution >= 0.6 is 0 Å². The third-order valence-electron chi connectivity index (χ3n) is 2.70. The molecule has 0 saturated carbocycles. The van der Waals surface area contributed by atoms with Crippen molar-refractivity contribution in [1.29, 1.82) is 0 Å². The SMILES string of the molecule is B=BB=BB=BB=BB=BB=BB=BB=BB=BB=BB=BB=BOCC. The molecule has 0 aromatic heterocycles. The molecule has 0 amide bonds. The maximum atomic E-state index is 5.07. The van der Waals surface area contributed by atoms with Gasteiger partial charge in [-0.25, -0.2) is 0 Å². The first-order valence-electron chi connectivity index (χ1n) is 8.97. The summed E-state index contributed by atoms with van der Waals surface area (Å²) in [6.07, 6.45) is 0. The van der Waals surface area contributed by atoms with Gasteiger partial charge in [0.25, 0.3) is 0 Å². The summed E-state index contributed by atoms with van der Waals surface area (Å²) in [4.78, 5) is 0. The van der Waals surface area contributed by atoms with Crippen LogP contribution in [0, 0.1) is 0 Å². The molecule has 0 atom stereocenters. The molecule has 25 heteroatoms. The molecule has 0 aromatic carbocycles. The van der Waals surface area contributed by atoms with E-state index in [4.69, 9.17) is 4.65 Å². The van der Waals surface area contributed by atoms with Gasteiger partial charge in [-0.15, -0.1) is 0 Å². The molecule has 92 valence electrons. The average Bonchev–Trinajstić information content (AvgIpc) is 2.68. The summed E-state index contributed by atoms with van der Waals surface area (Å²) >= 11 is 0. The van der Waals surface area contributed by atoms with E-state index in [-0.39, 0.29) is 0 Å². The minimum absolute atomic E-state index is 0.695. The van der Waals surface area contributed by atoms with Crippen molar-refractivity contribution in [1.82, 2.24) is 0 Å². The van der Waals surface area contributed by atoms with Gasteiger partial charge in [0.05, 0.1) is 0 Å². The minimum atomic E-state index is 0.695. The van der Waals surface area contributed by atoms with Gasteiger partial charge >= 0.3 is 180 Å². The van der Waals surface area contributed by atoms with E-state index in [2.05, 4.69) is 7.37 Å². The van der Waals surface area contributed by atoms with Crippen molar-refractivity contribution in [3.05, 3.63) is 0 Å². The predicted molar refractivity (Wildman–Crippen MR) is 151 cm³/mol. The van der Waals surface area contributed by atoms with Gasteiger partial charge < -0.3 is 0 Å². The second-order valence-electron chi connectivity index (χ2n) is 4.87. The fourth-order valence-electron chi connectivity index (χ4n) is 1.49. The summed E-state index contributed by atoms with van der Waals surface area (Å²) < 4.78 is 5.07. The Bertz CT molecular complexity index is 679. The summed E-state index contributed by atoms with van der Waals surface area (Å²) in [7, 11) is 5.29. The molecule has 0 radical (unpaired) electrons. The molecule has 0 heterocycles. The first-order chi connectivity index (χ1) is 13.4. The molecular weight excluding hydrogens is 300 g/mol. The Morgan fingerprint density at radius 2 is 0.704 bits per heavy atom. The summed E-state index contributed by atoms with van der Waals surface area (Å²) in [5, 5.41) is 0. The first kappa shape index (κ1) is 28.4. The molecule has 0 saturated heterocycles. The number of hydrogen-bond acceptors (Lipinski definition) is 1. The standard InChI is InChI=1S/C2H6B24O/c1-2-27-26-25-24-23-22-21-20-19-18-17-16-15-14-13-12-11-10-9-8-7-6-5-4-3/h3H,2H2,1H3. The van der Waals surface area contributed by atoms with E-state index in [0.29, 0.717) is 6.61 Å². The Morgan fingerprint density at radius 1 is 0.444 bits per heavy atom. The molecule has 0 unspecified atom stereocenters. The summed E-state index contributed by atoms with van der Waals surface area (Å²) in [5.74, 6) is 0. The zero-order valence-electron chi connectivity index (χ0n) is 16.1. The van der Waals surface area contributed by atoms with Crippen molar-refractivity contribution in [2.24, 2.45) is 0 Å². The molecule has 0 fully saturated rings. The van der Waals surface area contributed by atoms with Crippen molar-refractivity contribution in [3.8, 4) is 0 Å². The summed E-state index contributed by atoms with van der Waals surface area (Å²) in [6.45, 7) is 45.6. The van der Waals surface area contributed by atoms with Gasteiger partial charge in [0.1, 0.15) is 0 Å². The average molecular weight is 306 g/mol. The fraction of sp³-hybridized carbons (Fsp3) is 1.00. The second-order valence-corrected chi connectivity index (χ2v) is 4.87. The summed E-state index contributed by atoms with van der Waals surface area (Å²) in [6, 6.07) is 0. The van der Waals surface area contributed by atoms with Crippen LogP contribution < -0.4 is 0 Å². The van der Waals surface area contributed by atoms with Crippen molar-refractivity contribution >= 4 is 162 Å². The van der Waals surface area contributed by atoms with E-state index < -0.39 is 0 Å². The second kappa shape index (κ2) is 27.4. The van der Waals surface area contributed by atoms with Crippen LogP contribution in [0.15, 0.2) is 0 Å². The topological polar surface area (TPSA) is 9.23 Å². The number of hydrogen-bond donors (Lipinski definition) is 0. The molecule has 0 aromatic rings. The van der Waals surface area contributed by atoms with Gasteiger partial charge in [-0.2, -0.15) is 0 Å². The van der Waals surface area contributed by atoms with Crippen LogP contribution in [0.4, 0.5) is 0 Å². The van der Waals surface area contributed by atoms with E-state index in [1.54, 1.807) is 13.7 Å². The van der Waals surface area contributed by atoms with Gasteiger partial charge in [-0.3, -0.25) is 0 Å².